The van der Waals surface area contributed by atoms with Crippen LogP contribution in [0.1, 0.15) is 61.8 Å². The molecule has 0 saturated heterocycles. The molecule has 1 heterocycles. The Labute approximate surface area is 147 Å². The first kappa shape index (κ1) is 17.1. The number of aliphatic carboxylic acids is 1. The molecule has 1 aromatic carbocycles. The van der Waals surface area contributed by atoms with Crippen LogP contribution >= 0.6 is 11.6 Å². The SMILES string of the molecule is C=CC[C@H]1CC[C@@](CC)(CC(=O)O)c2[nH]c3c(C)c(Cl)ccc3c21. The zero-order chi connectivity index (χ0) is 17.5. The molecule has 0 fully saturated rings. The van der Waals surface area contributed by atoms with Crippen molar-refractivity contribution in [2.75, 3.05) is 0 Å². The van der Waals surface area contributed by atoms with E-state index in [1.54, 1.807) is 0 Å². The van der Waals surface area contributed by atoms with Gasteiger partial charge in [0.2, 0.25) is 0 Å². The average Bonchev–Trinajstić information content (AvgIpc) is 2.94. The molecule has 0 radical (unpaired) electrons. The Morgan fingerprint density at radius 1 is 1.54 bits per heavy atom. The molecular weight excluding hydrogens is 322 g/mol. The van der Waals surface area contributed by atoms with Crippen LogP contribution in [0.4, 0.5) is 0 Å². The number of aryl methyl sites for hydroxylation is 1. The van der Waals surface area contributed by atoms with Crippen LogP contribution in [0.2, 0.25) is 5.02 Å². The third-order valence-corrected chi connectivity index (χ3v) is 6.15. The number of carbonyl (C=O) groups is 1. The second-order valence-electron chi connectivity index (χ2n) is 6.97. The van der Waals surface area contributed by atoms with Gasteiger partial charge in [0.05, 0.1) is 11.9 Å². The van der Waals surface area contributed by atoms with Gasteiger partial charge < -0.3 is 10.1 Å². The lowest BCUT2D eigenvalue weighted by Crippen LogP contribution is -2.34. The van der Waals surface area contributed by atoms with E-state index >= 15 is 0 Å². The number of H-pyrrole nitrogens is 1. The molecule has 3 rings (SSSR count). The first-order valence-corrected chi connectivity index (χ1v) is 8.95. The first-order valence-electron chi connectivity index (χ1n) is 8.57. The van der Waals surface area contributed by atoms with Crippen molar-refractivity contribution in [3.8, 4) is 0 Å². The highest BCUT2D eigenvalue weighted by atomic mass is 35.5. The lowest BCUT2D eigenvalue weighted by molar-refractivity contribution is -0.138. The molecule has 0 aliphatic heterocycles. The van der Waals surface area contributed by atoms with Gasteiger partial charge in [0.25, 0.3) is 0 Å². The third-order valence-electron chi connectivity index (χ3n) is 5.74. The topological polar surface area (TPSA) is 53.1 Å². The van der Waals surface area contributed by atoms with E-state index in [0.29, 0.717) is 5.92 Å². The van der Waals surface area contributed by atoms with Crippen LogP contribution in [0.15, 0.2) is 24.8 Å². The molecule has 2 aromatic rings. The van der Waals surface area contributed by atoms with Gasteiger partial charge >= 0.3 is 5.97 Å². The fourth-order valence-corrected chi connectivity index (χ4v) is 4.50. The molecule has 2 N–H and O–H groups in total. The van der Waals surface area contributed by atoms with E-state index in [1.165, 1.54) is 10.9 Å². The molecule has 3 nitrogen and oxygen atoms in total. The van der Waals surface area contributed by atoms with Gasteiger partial charge in [-0.2, -0.15) is 0 Å². The predicted molar refractivity (Wildman–Crippen MR) is 99.1 cm³/mol. The molecule has 24 heavy (non-hydrogen) atoms. The van der Waals surface area contributed by atoms with E-state index in [2.05, 4.69) is 24.6 Å². The smallest absolute Gasteiger partial charge is 0.304 e. The standard InChI is InChI=1S/C20H24ClNO2/c1-4-6-13-9-10-20(5-2,11-16(23)24)19-17(13)14-7-8-15(21)12(3)18(14)22-19/h4,7-8,13,22H,1,5-6,9-11H2,2-3H3,(H,23,24)/t13-,20-/m0/s1. The molecule has 1 aromatic heterocycles. The lowest BCUT2D eigenvalue weighted by atomic mass is 9.65. The van der Waals surface area contributed by atoms with Crippen molar-refractivity contribution >= 4 is 28.5 Å². The van der Waals surface area contributed by atoms with Crippen LogP contribution in [0, 0.1) is 6.92 Å². The normalized spacial score (nSPS) is 23.2. The zero-order valence-electron chi connectivity index (χ0n) is 14.3. The summed E-state index contributed by atoms with van der Waals surface area (Å²) >= 11 is 6.31. The summed E-state index contributed by atoms with van der Waals surface area (Å²) in [6.07, 6.45) is 5.74. The molecule has 0 spiro atoms. The van der Waals surface area contributed by atoms with E-state index in [0.717, 1.165) is 47.5 Å². The number of fused-ring (bicyclic) bond motifs is 3. The second-order valence-corrected chi connectivity index (χ2v) is 7.38. The molecule has 128 valence electrons. The van der Waals surface area contributed by atoms with Crippen LogP contribution < -0.4 is 0 Å². The maximum Gasteiger partial charge on any atom is 0.304 e. The number of halogens is 1. The van der Waals surface area contributed by atoms with Crippen molar-refractivity contribution in [1.29, 1.82) is 0 Å². The van der Waals surface area contributed by atoms with E-state index in [-0.39, 0.29) is 11.8 Å². The minimum Gasteiger partial charge on any atom is -0.481 e. The minimum absolute atomic E-state index is 0.164. The number of hydrogen-bond donors (Lipinski definition) is 2. The van der Waals surface area contributed by atoms with E-state index in [4.69, 9.17) is 11.6 Å². The fourth-order valence-electron chi connectivity index (χ4n) is 4.34. The molecule has 0 bridgehead atoms. The van der Waals surface area contributed by atoms with Gasteiger partial charge in [-0.15, -0.1) is 6.58 Å². The number of carboxylic acids is 1. The van der Waals surface area contributed by atoms with Crippen molar-refractivity contribution in [3.63, 3.8) is 0 Å². The van der Waals surface area contributed by atoms with Crippen molar-refractivity contribution in [3.05, 3.63) is 46.6 Å². The molecule has 0 unspecified atom stereocenters. The van der Waals surface area contributed by atoms with Crippen LogP contribution in [-0.4, -0.2) is 16.1 Å². The van der Waals surface area contributed by atoms with E-state index in [9.17, 15) is 9.90 Å². The van der Waals surface area contributed by atoms with Crippen molar-refractivity contribution < 1.29 is 9.90 Å². The maximum atomic E-state index is 11.5. The van der Waals surface area contributed by atoms with Gasteiger partial charge in [0, 0.05) is 21.5 Å². The number of rotatable bonds is 5. The second kappa shape index (κ2) is 6.29. The Bertz CT molecular complexity index is 808. The lowest BCUT2D eigenvalue weighted by Gasteiger charge is -2.38. The summed E-state index contributed by atoms with van der Waals surface area (Å²) in [5.41, 5.74) is 4.13. The minimum atomic E-state index is -0.738. The van der Waals surface area contributed by atoms with Crippen molar-refractivity contribution in [2.45, 2.75) is 57.3 Å². The van der Waals surface area contributed by atoms with Crippen molar-refractivity contribution in [1.82, 2.24) is 4.98 Å². The molecule has 1 aliphatic carbocycles. The molecule has 0 saturated carbocycles. The van der Waals surface area contributed by atoms with Gasteiger partial charge in [0.15, 0.2) is 0 Å². The number of hydrogen-bond acceptors (Lipinski definition) is 1. The molecule has 1 aliphatic rings. The quantitative estimate of drug-likeness (QED) is 0.682. The largest absolute Gasteiger partial charge is 0.481 e. The Hall–Kier alpha value is -1.74. The first-order chi connectivity index (χ1) is 11.4. The van der Waals surface area contributed by atoms with Crippen molar-refractivity contribution in [2.24, 2.45) is 0 Å². The third kappa shape index (κ3) is 2.55. The highest BCUT2D eigenvalue weighted by Crippen LogP contribution is 2.50. The fraction of sp³-hybridized carbons (Fsp3) is 0.450. The predicted octanol–water partition coefficient (Wildman–Crippen LogP) is 5.71. The Morgan fingerprint density at radius 2 is 2.29 bits per heavy atom. The highest BCUT2D eigenvalue weighted by molar-refractivity contribution is 6.32. The van der Waals surface area contributed by atoms with Gasteiger partial charge in [-0.3, -0.25) is 4.79 Å². The Balaban J connectivity index is 2.30. The van der Waals surface area contributed by atoms with Crippen LogP contribution in [-0.2, 0) is 10.2 Å². The summed E-state index contributed by atoms with van der Waals surface area (Å²) in [5, 5.41) is 11.4. The summed E-state index contributed by atoms with van der Waals surface area (Å²) in [7, 11) is 0. The summed E-state index contributed by atoms with van der Waals surface area (Å²) in [6, 6.07) is 4.01. The van der Waals surface area contributed by atoms with Gasteiger partial charge in [-0.05, 0) is 55.7 Å². The van der Waals surface area contributed by atoms with Crippen LogP contribution in [0.5, 0.6) is 0 Å². The molecule has 2 atom stereocenters. The van der Waals surface area contributed by atoms with E-state index < -0.39 is 5.97 Å². The summed E-state index contributed by atoms with van der Waals surface area (Å²) < 4.78 is 0. The zero-order valence-corrected chi connectivity index (χ0v) is 15.0. The Morgan fingerprint density at radius 3 is 2.92 bits per heavy atom. The summed E-state index contributed by atoms with van der Waals surface area (Å²) in [5.74, 6) is -0.348. The van der Waals surface area contributed by atoms with Crippen LogP contribution in [0.3, 0.4) is 0 Å². The molecular formula is C20H24ClNO2. The Kier molecular flexibility index (Phi) is 4.48. The number of allylic oxidation sites excluding steroid dienone is 1. The van der Waals surface area contributed by atoms with E-state index in [1.807, 2.05) is 19.1 Å². The number of nitrogens with one attached hydrogen (secondary N) is 1. The van der Waals surface area contributed by atoms with Gasteiger partial charge in [-0.1, -0.05) is 30.7 Å². The van der Waals surface area contributed by atoms with Gasteiger partial charge in [-0.25, -0.2) is 0 Å². The molecule has 0 amide bonds. The number of benzene rings is 1. The van der Waals surface area contributed by atoms with Gasteiger partial charge in [0.1, 0.15) is 0 Å². The highest BCUT2D eigenvalue weighted by Gasteiger charge is 2.42. The maximum absolute atomic E-state index is 11.5. The summed E-state index contributed by atoms with van der Waals surface area (Å²) in [6.45, 7) is 8.01. The molecule has 4 heteroatoms. The number of aromatic nitrogens is 1. The average molecular weight is 346 g/mol. The number of aromatic amines is 1. The monoisotopic (exact) mass is 345 g/mol. The van der Waals surface area contributed by atoms with Crippen LogP contribution in [0.25, 0.3) is 10.9 Å². The summed E-state index contributed by atoms with van der Waals surface area (Å²) in [4.78, 5) is 15.1. The number of carboxylic acid groups (broad SMARTS) is 1.